The second-order valence-corrected chi connectivity index (χ2v) is 8.52. The summed E-state index contributed by atoms with van der Waals surface area (Å²) in [6.07, 6.45) is 4.95. The van der Waals surface area contributed by atoms with Crippen molar-refractivity contribution in [2.45, 2.75) is 71.9 Å². The van der Waals surface area contributed by atoms with Gasteiger partial charge in [-0.05, 0) is 58.8 Å². The number of hydrogen-bond acceptors (Lipinski definition) is 3. The first kappa shape index (κ1) is 18.0. The van der Waals surface area contributed by atoms with Crippen LogP contribution in [-0.4, -0.2) is 44.9 Å². The van der Waals surface area contributed by atoms with E-state index in [0.717, 1.165) is 57.4 Å². The van der Waals surface area contributed by atoms with E-state index in [1.54, 1.807) is 0 Å². The summed E-state index contributed by atoms with van der Waals surface area (Å²) in [7, 11) is 0. The summed E-state index contributed by atoms with van der Waals surface area (Å²) in [6, 6.07) is 0. The molecule has 0 aliphatic carbocycles. The maximum absolute atomic E-state index is 13.0. The van der Waals surface area contributed by atoms with Crippen molar-refractivity contribution in [3.63, 3.8) is 0 Å². The van der Waals surface area contributed by atoms with Crippen molar-refractivity contribution in [2.75, 3.05) is 13.1 Å². The molecule has 3 heterocycles. The number of piperidine rings is 1. The van der Waals surface area contributed by atoms with E-state index in [1.165, 1.54) is 0 Å². The highest BCUT2D eigenvalue weighted by atomic mass is 16.2. The standard InChI is InChI=1S/C19H30N4O2/c1-13-8-11-22(12-9-13)18(25)16-20-15(17(24)21-19(2,3)4)14-7-5-6-10-23(14)16/h13H,5-12H2,1-4H3,(H,21,24). The fraction of sp³-hybridized carbons (Fsp3) is 0.737. The van der Waals surface area contributed by atoms with Crippen LogP contribution in [0.4, 0.5) is 0 Å². The summed E-state index contributed by atoms with van der Waals surface area (Å²) in [5.41, 5.74) is 1.03. The van der Waals surface area contributed by atoms with Gasteiger partial charge in [-0.25, -0.2) is 4.98 Å². The van der Waals surface area contributed by atoms with Gasteiger partial charge in [0.25, 0.3) is 11.8 Å². The molecule has 0 unspecified atom stereocenters. The third kappa shape index (κ3) is 3.88. The van der Waals surface area contributed by atoms with E-state index in [9.17, 15) is 9.59 Å². The SMILES string of the molecule is CC1CCN(C(=O)c2nc(C(=O)NC(C)(C)C)c3n2CCCC3)CC1. The Kier molecular flexibility index (Phi) is 4.89. The lowest BCUT2D eigenvalue weighted by molar-refractivity contribution is 0.0678. The van der Waals surface area contributed by atoms with Crippen molar-refractivity contribution in [3.05, 3.63) is 17.2 Å². The number of carbonyl (C=O) groups excluding carboxylic acids is 2. The predicted molar refractivity (Wildman–Crippen MR) is 96.7 cm³/mol. The third-order valence-corrected chi connectivity index (χ3v) is 5.08. The molecule has 1 saturated heterocycles. The van der Waals surface area contributed by atoms with Crippen molar-refractivity contribution < 1.29 is 9.59 Å². The topological polar surface area (TPSA) is 67.2 Å². The smallest absolute Gasteiger partial charge is 0.289 e. The van der Waals surface area contributed by atoms with Gasteiger partial charge in [0.2, 0.25) is 0 Å². The second kappa shape index (κ2) is 6.81. The number of carbonyl (C=O) groups is 2. The fourth-order valence-electron chi connectivity index (χ4n) is 3.64. The Labute approximate surface area is 150 Å². The highest BCUT2D eigenvalue weighted by Gasteiger charge is 2.31. The Morgan fingerprint density at radius 3 is 2.44 bits per heavy atom. The zero-order chi connectivity index (χ0) is 18.2. The lowest BCUT2D eigenvalue weighted by atomic mass is 9.99. The van der Waals surface area contributed by atoms with Crippen molar-refractivity contribution in [1.82, 2.24) is 19.8 Å². The number of amides is 2. The van der Waals surface area contributed by atoms with Crippen LogP contribution in [0.25, 0.3) is 0 Å². The number of aromatic nitrogens is 2. The zero-order valence-corrected chi connectivity index (χ0v) is 15.9. The number of imidazole rings is 1. The summed E-state index contributed by atoms with van der Waals surface area (Å²) in [4.78, 5) is 32.1. The highest BCUT2D eigenvalue weighted by Crippen LogP contribution is 2.24. The van der Waals surface area contributed by atoms with Gasteiger partial charge in [-0.1, -0.05) is 6.92 Å². The first-order valence-electron chi connectivity index (χ1n) is 9.47. The van der Waals surface area contributed by atoms with E-state index >= 15 is 0 Å². The van der Waals surface area contributed by atoms with Gasteiger partial charge in [-0.15, -0.1) is 0 Å². The van der Waals surface area contributed by atoms with Gasteiger partial charge in [0.15, 0.2) is 5.82 Å². The molecule has 138 valence electrons. The molecule has 0 aromatic carbocycles. The van der Waals surface area contributed by atoms with Crippen LogP contribution in [-0.2, 0) is 13.0 Å². The first-order valence-corrected chi connectivity index (χ1v) is 9.47. The number of fused-ring (bicyclic) bond motifs is 1. The molecule has 2 aliphatic heterocycles. The second-order valence-electron chi connectivity index (χ2n) is 8.52. The summed E-state index contributed by atoms with van der Waals surface area (Å²) in [5.74, 6) is 0.920. The molecule has 0 atom stereocenters. The molecule has 0 saturated carbocycles. The minimum Gasteiger partial charge on any atom is -0.346 e. The molecule has 6 heteroatoms. The van der Waals surface area contributed by atoms with Crippen LogP contribution in [0.1, 0.15) is 80.2 Å². The molecular formula is C19H30N4O2. The molecule has 3 rings (SSSR count). The Balaban J connectivity index is 1.89. The van der Waals surface area contributed by atoms with E-state index in [-0.39, 0.29) is 17.4 Å². The lowest BCUT2D eigenvalue weighted by Gasteiger charge is -2.30. The normalized spacial score (nSPS) is 18.8. The molecular weight excluding hydrogens is 316 g/mol. The number of rotatable bonds is 2. The van der Waals surface area contributed by atoms with E-state index < -0.39 is 0 Å². The molecule has 2 amide bonds. The minimum atomic E-state index is -0.324. The summed E-state index contributed by atoms with van der Waals surface area (Å²) >= 11 is 0. The Bertz CT molecular complexity index is 664. The number of nitrogens with one attached hydrogen (secondary N) is 1. The monoisotopic (exact) mass is 346 g/mol. The van der Waals surface area contributed by atoms with Gasteiger partial charge in [0, 0.05) is 25.2 Å². The highest BCUT2D eigenvalue weighted by molar-refractivity contribution is 5.97. The molecule has 1 fully saturated rings. The van der Waals surface area contributed by atoms with Gasteiger partial charge in [-0.2, -0.15) is 0 Å². The maximum Gasteiger partial charge on any atom is 0.289 e. The summed E-state index contributed by atoms with van der Waals surface area (Å²) in [6.45, 7) is 10.4. The van der Waals surface area contributed by atoms with Crippen molar-refractivity contribution in [1.29, 1.82) is 0 Å². The Hall–Kier alpha value is -1.85. The Morgan fingerprint density at radius 1 is 1.12 bits per heavy atom. The largest absolute Gasteiger partial charge is 0.346 e. The van der Waals surface area contributed by atoms with Crippen LogP contribution in [0.15, 0.2) is 0 Å². The molecule has 1 aromatic heterocycles. The van der Waals surface area contributed by atoms with Crippen molar-refractivity contribution in [3.8, 4) is 0 Å². The lowest BCUT2D eigenvalue weighted by Crippen LogP contribution is -2.41. The van der Waals surface area contributed by atoms with Crippen LogP contribution in [0.5, 0.6) is 0 Å². The van der Waals surface area contributed by atoms with Crippen LogP contribution in [0.2, 0.25) is 0 Å². The van der Waals surface area contributed by atoms with Crippen LogP contribution in [0.3, 0.4) is 0 Å². The number of likely N-dealkylation sites (tertiary alicyclic amines) is 1. The van der Waals surface area contributed by atoms with Gasteiger partial charge < -0.3 is 14.8 Å². The Morgan fingerprint density at radius 2 is 1.80 bits per heavy atom. The average molecular weight is 346 g/mol. The molecule has 2 aliphatic rings. The van der Waals surface area contributed by atoms with Crippen LogP contribution < -0.4 is 5.32 Å². The van der Waals surface area contributed by atoms with E-state index in [4.69, 9.17) is 0 Å². The molecule has 0 bridgehead atoms. The first-order chi connectivity index (χ1) is 11.8. The predicted octanol–water partition coefficient (Wildman–Crippen LogP) is 2.62. The van der Waals surface area contributed by atoms with Gasteiger partial charge in [0.1, 0.15) is 5.69 Å². The molecule has 6 nitrogen and oxygen atoms in total. The summed E-state index contributed by atoms with van der Waals surface area (Å²) < 4.78 is 1.99. The van der Waals surface area contributed by atoms with Crippen LogP contribution in [0, 0.1) is 5.92 Å². The quantitative estimate of drug-likeness (QED) is 0.895. The molecule has 1 aromatic rings. The molecule has 1 N–H and O–H groups in total. The van der Waals surface area contributed by atoms with E-state index in [2.05, 4.69) is 17.2 Å². The fourth-order valence-corrected chi connectivity index (χ4v) is 3.64. The van der Waals surface area contributed by atoms with Gasteiger partial charge in [0.05, 0.1) is 5.69 Å². The average Bonchev–Trinajstić information content (AvgIpc) is 2.93. The van der Waals surface area contributed by atoms with E-state index in [0.29, 0.717) is 17.4 Å². The number of hydrogen-bond donors (Lipinski definition) is 1. The maximum atomic E-state index is 13.0. The summed E-state index contributed by atoms with van der Waals surface area (Å²) in [5, 5.41) is 2.98. The third-order valence-electron chi connectivity index (χ3n) is 5.08. The molecule has 25 heavy (non-hydrogen) atoms. The van der Waals surface area contributed by atoms with Gasteiger partial charge in [-0.3, -0.25) is 9.59 Å². The van der Waals surface area contributed by atoms with Crippen LogP contribution >= 0.6 is 0 Å². The van der Waals surface area contributed by atoms with E-state index in [1.807, 2.05) is 30.2 Å². The molecule has 0 spiro atoms. The zero-order valence-electron chi connectivity index (χ0n) is 15.9. The number of nitrogens with zero attached hydrogens (tertiary/aromatic N) is 3. The minimum absolute atomic E-state index is 0.0233. The van der Waals surface area contributed by atoms with Crippen molar-refractivity contribution >= 4 is 11.8 Å². The molecule has 0 radical (unpaired) electrons. The van der Waals surface area contributed by atoms with Crippen molar-refractivity contribution in [2.24, 2.45) is 5.92 Å². The van der Waals surface area contributed by atoms with Gasteiger partial charge >= 0.3 is 0 Å².